The highest BCUT2D eigenvalue weighted by Gasteiger charge is 2.29. The van der Waals surface area contributed by atoms with Crippen molar-refractivity contribution >= 4 is 0 Å². The van der Waals surface area contributed by atoms with Crippen LogP contribution in [0.15, 0.2) is 54.7 Å². The zero-order valence-corrected chi connectivity index (χ0v) is 16.6. The van der Waals surface area contributed by atoms with Gasteiger partial charge in [0.05, 0.1) is 37.3 Å². The van der Waals surface area contributed by atoms with E-state index in [-0.39, 0.29) is 6.04 Å². The van der Waals surface area contributed by atoms with E-state index in [0.717, 1.165) is 29.5 Å². The first-order valence-corrected chi connectivity index (χ1v) is 9.83. The third-order valence-corrected chi connectivity index (χ3v) is 5.15. The van der Waals surface area contributed by atoms with Crippen LogP contribution in [0.1, 0.15) is 36.7 Å². The zero-order valence-electron chi connectivity index (χ0n) is 16.6. The highest BCUT2D eigenvalue weighted by Crippen LogP contribution is 2.37. The molecule has 0 saturated carbocycles. The molecule has 2 heterocycles. The number of nitrogens with two attached hydrogens (primary N) is 1. The zero-order chi connectivity index (χ0) is 19.5. The van der Waals surface area contributed by atoms with E-state index in [1.165, 1.54) is 16.8 Å². The lowest BCUT2D eigenvalue weighted by molar-refractivity contribution is -0.702. The van der Waals surface area contributed by atoms with Gasteiger partial charge in [0.25, 0.3) is 0 Å². The summed E-state index contributed by atoms with van der Waals surface area (Å²) in [6, 6.07) is 16.9. The van der Waals surface area contributed by atoms with Crippen molar-refractivity contribution in [1.29, 1.82) is 0 Å². The fourth-order valence-corrected chi connectivity index (χ4v) is 3.96. The average molecular weight is 379 g/mol. The molecule has 3 aromatic rings. The number of rotatable bonds is 6. The Labute approximate surface area is 165 Å². The molecule has 1 aliphatic heterocycles. The van der Waals surface area contributed by atoms with E-state index in [1.54, 1.807) is 7.11 Å². The molecule has 0 bridgehead atoms. The maximum absolute atomic E-state index is 5.87. The predicted molar refractivity (Wildman–Crippen MR) is 109 cm³/mol. The summed E-state index contributed by atoms with van der Waals surface area (Å²) < 4.78 is 19.6. The Morgan fingerprint density at radius 2 is 1.71 bits per heavy atom. The SMILES string of the molecule is CCOc1cc2c(cc1OCC)-n1cccc1C(c1ccccc1OC)[NH2+]C2. The molecular formula is C23H27N2O3+. The lowest BCUT2D eigenvalue weighted by Crippen LogP contribution is -2.83. The first kappa shape index (κ1) is 18.4. The van der Waals surface area contributed by atoms with E-state index in [0.29, 0.717) is 13.2 Å². The van der Waals surface area contributed by atoms with E-state index < -0.39 is 0 Å². The van der Waals surface area contributed by atoms with Crippen LogP contribution in [0.4, 0.5) is 0 Å². The molecule has 1 aliphatic rings. The minimum Gasteiger partial charge on any atom is -0.496 e. The van der Waals surface area contributed by atoms with Crippen molar-refractivity contribution in [1.82, 2.24) is 4.57 Å². The highest BCUT2D eigenvalue weighted by molar-refractivity contribution is 5.56. The second-order valence-corrected chi connectivity index (χ2v) is 6.76. The van der Waals surface area contributed by atoms with E-state index in [9.17, 15) is 0 Å². The number of nitrogens with zero attached hydrogens (tertiary/aromatic N) is 1. The van der Waals surface area contributed by atoms with Crippen LogP contribution >= 0.6 is 0 Å². The Bertz CT molecular complexity index is 964. The largest absolute Gasteiger partial charge is 0.496 e. The molecule has 2 aromatic carbocycles. The summed E-state index contributed by atoms with van der Waals surface area (Å²) in [4.78, 5) is 0. The van der Waals surface area contributed by atoms with Gasteiger partial charge in [0.15, 0.2) is 17.5 Å². The van der Waals surface area contributed by atoms with Crippen LogP contribution in [0.2, 0.25) is 0 Å². The van der Waals surface area contributed by atoms with E-state index in [4.69, 9.17) is 14.2 Å². The van der Waals surface area contributed by atoms with Gasteiger partial charge in [-0.05, 0) is 44.2 Å². The van der Waals surface area contributed by atoms with Crippen molar-refractivity contribution in [3.05, 3.63) is 71.5 Å². The fraction of sp³-hybridized carbons (Fsp3) is 0.304. The Kier molecular flexibility index (Phi) is 5.26. The predicted octanol–water partition coefficient (Wildman–Crippen LogP) is 3.45. The standard InChI is InChI=1S/C23H26N2O3/c1-4-27-21-13-16-15-24-23(17-9-6-7-11-20(17)26-3)18-10-8-12-25(18)19(16)14-22(21)28-5-2/h6-14,23-24H,4-5,15H2,1-3H3/p+1. The van der Waals surface area contributed by atoms with Gasteiger partial charge in [-0.1, -0.05) is 12.1 Å². The lowest BCUT2D eigenvalue weighted by atomic mass is 10.0. The van der Waals surface area contributed by atoms with Crippen LogP contribution in [0.5, 0.6) is 17.2 Å². The average Bonchev–Trinajstić information content (AvgIpc) is 3.14. The van der Waals surface area contributed by atoms with E-state index >= 15 is 0 Å². The molecule has 0 spiro atoms. The van der Waals surface area contributed by atoms with Gasteiger partial charge in [0.1, 0.15) is 12.3 Å². The lowest BCUT2D eigenvalue weighted by Gasteiger charge is -2.17. The van der Waals surface area contributed by atoms with Crippen molar-refractivity contribution in [3.8, 4) is 22.9 Å². The quantitative estimate of drug-likeness (QED) is 0.714. The molecule has 2 N–H and O–H groups in total. The molecule has 1 atom stereocenters. The van der Waals surface area contributed by atoms with Gasteiger partial charge in [-0.15, -0.1) is 0 Å². The number of ether oxygens (including phenoxy) is 3. The second-order valence-electron chi connectivity index (χ2n) is 6.76. The third kappa shape index (κ3) is 3.22. The number of aromatic nitrogens is 1. The smallest absolute Gasteiger partial charge is 0.163 e. The van der Waals surface area contributed by atoms with Crippen molar-refractivity contribution in [2.24, 2.45) is 0 Å². The summed E-state index contributed by atoms with van der Waals surface area (Å²) in [6.07, 6.45) is 2.12. The van der Waals surface area contributed by atoms with Gasteiger partial charge in [-0.25, -0.2) is 0 Å². The number of hydrogen-bond acceptors (Lipinski definition) is 3. The van der Waals surface area contributed by atoms with E-state index in [1.807, 2.05) is 26.0 Å². The topological polar surface area (TPSA) is 49.2 Å². The molecule has 0 saturated heterocycles. The number of quaternary nitrogens is 1. The first-order valence-electron chi connectivity index (χ1n) is 9.83. The van der Waals surface area contributed by atoms with Crippen molar-refractivity contribution in [3.63, 3.8) is 0 Å². The number of benzene rings is 2. The molecule has 5 heteroatoms. The van der Waals surface area contributed by atoms with E-state index in [2.05, 4.69) is 52.5 Å². The van der Waals surface area contributed by atoms with Gasteiger partial charge < -0.3 is 24.1 Å². The molecule has 5 nitrogen and oxygen atoms in total. The first-order chi connectivity index (χ1) is 13.8. The molecule has 1 aromatic heterocycles. The summed E-state index contributed by atoms with van der Waals surface area (Å²) >= 11 is 0. The normalized spacial score (nSPS) is 15.3. The monoisotopic (exact) mass is 379 g/mol. The molecule has 4 rings (SSSR count). The summed E-state index contributed by atoms with van der Waals surface area (Å²) in [5, 5.41) is 2.35. The van der Waals surface area contributed by atoms with Gasteiger partial charge >= 0.3 is 0 Å². The van der Waals surface area contributed by atoms with Crippen LogP contribution < -0.4 is 19.5 Å². The Morgan fingerprint density at radius 1 is 0.964 bits per heavy atom. The Hall–Kier alpha value is -2.92. The molecular weight excluding hydrogens is 352 g/mol. The van der Waals surface area contributed by atoms with Crippen LogP contribution in [0, 0.1) is 0 Å². The minimum absolute atomic E-state index is 0.143. The van der Waals surface area contributed by atoms with Crippen molar-refractivity contribution < 1.29 is 19.5 Å². The third-order valence-electron chi connectivity index (χ3n) is 5.15. The van der Waals surface area contributed by atoms with Gasteiger partial charge in [0.2, 0.25) is 0 Å². The summed E-state index contributed by atoms with van der Waals surface area (Å²) in [6.45, 7) is 6.05. The fourth-order valence-electron chi connectivity index (χ4n) is 3.96. The van der Waals surface area contributed by atoms with Gasteiger partial charge in [-0.2, -0.15) is 0 Å². The number of fused-ring (bicyclic) bond motifs is 3. The van der Waals surface area contributed by atoms with Crippen LogP contribution in [0.25, 0.3) is 5.69 Å². The number of methoxy groups -OCH3 is 1. The maximum atomic E-state index is 5.87. The number of hydrogen-bond donors (Lipinski definition) is 1. The molecule has 28 heavy (non-hydrogen) atoms. The van der Waals surface area contributed by atoms with Crippen LogP contribution in [-0.2, 0) is 6.54 Å². The molecule has 0 radical (unpaired) electrons. The molecule has 0 amide bonds. The van der Waals surface area contributed by atoms with Crippen LogP contribution in [-0.4, -0.2) is 24.9 Å². The minimum atomic E-state index is 0.143. The molecule has 0 aliphatic carbocycles. The van der Waals surface area contributed by atoms with Gasteiger partial charge in [-0.3, -0.25) is 0 Å². The van der Waals surface area contributed by atoms with Crippen LogP contribution in [0.3, 0.4) is 0 Å². The molecule has 146 valence electrons. The molecule has 0 fully saturated rings. The molecule has 1 unspecified atom stereocenters. The van der Waals surface area contributed by atoms with Crippen molar-refractivity contribution in [2.45, 2.75) is 26.4 Å². The summed E-state index contributed by atoms with van der Waals surface area (Å²) in [5.41, 5.74) is 4.75. The Balaban J connectivity index is 1.83. The highest BCUT2D eigenvalue weighted by atomic mass is 16.5. The second kappa shape index (κ2) is 7.98. The summed E-state index contributed by atoms with van der Waals surface area (Å²) in [5.74, 6) is 2.51. The maximum Gasteiger partial charge on any atom is 0.163 e. The Morgan fingerprint density at radius 3 is 2.46 bits per heavy atom. The number of para-hydroxylation sites is 1. The summed E-state index contributed by atoms with van der Waals surface area (Å²) in [7, 11) is 1.73. The van der Waals surface area contributed by atoms with Gasteiger partial charge in [0, 0.05) is 17.8 Å². The van der Waals surface area contributed by atoms with Crippen molar-refractivity contribution in [2.75, 3.05) is 20.3 Å².